The summed E-state index contributed by atoms with van der Waals surface area (Å²) in [5, 5.41) is 14.9. The van der Waals surface area contributed by atoms with E-state index in [9.17, 15) is 14.9 Å². The number of carbonyl (C=O) groups excluding carboxylic acids is 1. The predicted molar refractivity (Wildman–Crippen MR) is 140 cm³/mol. The van der Waals surface area contributed by atoms with E-state index in [-0.39, 0.29) is 17.7 Å². The summed E-state index contributed by atoms with van der Waals surface area (Å²) in [6.07, 6.45) is 11.7. The van der Waals surface area contributed by atoms with Crippen LogP contribution in [0.5, 0.6) is 0 Å². The van der Waals surface area contributed by atoms with E-state index >= 15 is 0 Å². The van der Waals surface area contributed by atoms with Crippen LogP contribution in [-0.4, -0.2) is 41.6 Å². The molecule has 180 valence electrons. The molecule has 1 aliphatic rings. The fraction of sp³-hybridized carbons (Fsp3) is 0.370. The number of amides is 1. The van der Waals surface area contributed by atoms with Crippen molar-refractivity contribution in [3.63, 3.8) is 0 Å². The SMILES string of the molecule is C#CCNC(=O)C(=C=c1sc(=C=CNc2cccc(CCN3CCCCC3)c2)c(=O)n1CC)C#N. The van der Waals surface area contributed by atoms with Crippen LogP contribution in [0.25, 0.3) is 11.5 Å². The minimum Gasteiger partial charge on any atom is -0.355 e. The molecule has 1 amide bonds. The number of aromatic nitrogens is 1. The van der Waals surface area contributed by atoms with Crippen molar-refractivity contribution in [2.45, 2.75) is 39.2 Å². The van der Waals surface area contributed by atoms with Gasteiger partial charge in [-0.1, -0.05) is 47.3 Å². The first-order valence-corrected chi connectivity index (χ1v) is 12.5. The van der Waals surface area contributed by atoms with E-state index in [1.807, 2.05) is 25.1 Å². The monoisotopic (exact) mass is 487 g/mol. The molecule has 0 bridgehead atoms. The molecule has 2 aromatic rings. The number of likely N-dealkylation sites (tertiary alicyclic amines) is 1. The van der Waals surface area contributed by atoms with Crippen molar-refractivity contribution in [3.8, 4) is 18.4 Å². The van der Waals surface area contributed by atoms with Gasteiger partial charge in [0.2, 0.25) is 0 Å². The van der Waals surface area contributed by atoms with Crippen molar-refractivity contribution in [1.29, 1.82) is 5.26 Å². The first kappa shape index (κ1) is 25.8. The molecular formula is C27H29N5O2S. The lowest BCUT2D eigenvalue weighted by Gasteiger charge is -2.26. The highest BCUT2D eigenvalue weighted by atomic mass is 32.1. The smallest absolute Gasteiger partial charge is 0.277 e. The van der Waals surface area contributed by atoms with Crippen molar-refractivity contribution >= 4 is 34.4 Å². The molecule has 0 radical (unpaired) electrons. The topological polar surface area (TPSA) is 90.2 Å². The largest absolute Gasteiger partial charge is 0.355 e. The third-order valence-electron chi connectivity index (χ3n) is 5.66. The number of piperidine rings is 1. The third-order valence-corrected chi connectivity index (χ3v) is 6.67. The Morgan fingerprint density at radius 1 is 1.29 bits per heavy atom. The Morgan fingerprint density at radius 2 is 2.09 bits per heavy atom. The molecule has 1 aromatic heterocycles. The Labute approximate surface area is 209 Å². The number of rotatable bonds is 8. The number of hydrogen-bond acceptors (Lipinski definition) is 6. The number of nitrogens with one attached hydrogen (secondary N) is 2. The Bertz CT molecular complexity index is 1390. The first-order valence-electron chi connectivity index (χ1n) is 11.7. The second-order valence-corrected chi connectivity index (χ2v) is 9.07. The van der Waals surface area contributed by atoms with Gasteiger partial charge in [-0.05, 0) is 57.0 Å². The maximum absolute atomic E-state index is 12.8. The van der Waals surface area contributed by atoms with Crippen LogP contribution in [0.4, 0.5) is 5.69 Å². The summed E-state index contributed by atoms with van der Waals surface area (Å²) in [5.41, 5.74) is 7.43. The summed E-state index contributed by atoms with van der Waals surface area (Å²) in [4.78, 5) is 27.4. The number of nitriles is 1. The average molecular weight is 488 g/mol. The van der Waals surface area contributed by atoms with Gasteiger partial charge in [0.1, 0.15) is 15.3 Å². The molecule has 0 unspecified atom stereocenters. The Hall–Kier alpha value is -3.77. The predicted octanol–water partition coefficient (Wildman–Crippen LogP) is 1.54. The fourth-order valence-corrected chi connectivity index (χ4v) is 4.80. The average Bonchev–Trinajstić information content (AvgIpc) is 3.19. The summed E-state index contributed by atoms with van der Waals surface area (Å²) in [6, 6.07) is 10.0. The van der Waals surface area contributed by atoms with Gasteiger partial charge in [0.05, 0.1) is 6.54 Å². The molecule has 1 aliphatic heterocycles. The van der Waals surface area contributed by atoms with Crippen LogP contribution < -0.4 is 25.4 Å². The zero-order valence-corrected chi connectivity index (χ0v) is 20.7. The molecule has 1 aromatic carbocycles. The molecule has 3 rings (SSSR count). The van der Waals surface area contributed by atoms with Crippen LogP contribution in [0.15, 0.2) is 40.8 Å². The van der Waals surface area contributed by atoms with Gasteiger partial charge in [0, 0.05) is 25.0 Å². The maximum Gasteiger partial charge on any atom is 0.277 e. The molecule has 2 N–H and O–H groups in total. The number of terminal acetylenes is 1. The van der Waals surface area contributed by atoms with Gasteiger partial charge in [-0.2, -0.15) is 5.26 Å². The Kier molecular flexibility index (Phi) is 9.75. The van der Waals surface area contributed by atoms with Gasteiger partial charge in [0.25, 0.3) is 11.5 Å². The molecule has 0 spiro atoms. The zero-order valence-electron chi connectivity index (χ0n) is 19.9. The molecule has 0 atom stereocenters. The van der Waals surface area contributed by atoms with Crippen LogP contribution in [-0.2, 0) is 17.8 Å². The lowest BCUT2D eigenvalue weighted by Crippen LogP contribution is -2.31. The van der Waals surface area contributed by atoms with Crippen molar-refractivity contribution in [2.24, 2.45) is 0 Å². The molecule has 0 aliphatic carbocycles. The van der Waals surface area contributed by atoms with Gasteiger partial charge in [-0.3, -0.25) is 14.2 Å². The van der Waals surface area contributed by atoms with E-state index in [2.05, 4.69) is 45.0 Å². The molecule has 8 heteroatoms. The second-order valence-electron chi connectivity index (χ2n) is 8.07. The zero-order chi connectivity index (χ0) is 25.0. The minimum atomic E-state index is -0.628. The number of benzene rings is 1. The Balaban J connectivity index is 1.82. The molecule has 35 heavy (non-hydrogen) atoms. The number of hydrogen-bond donors (Lipinski definition) is 2. The van der Waals surface area contributed by atoms with Crippen LogP contribution in [0.1, 0.15) is 31.7 Å². The van der Waals surface area contributed by atoms with Crippen LogP contribution >= 0.6 is 11.3 Å². The van der Waals surface area contributed by atoms with Gasteiger partial charge >= 0.3 is 0 Å². The standard InChI is InChI=1S/C27H29N5O2S/c1-3-13-30-26(33)22(20-28)19-25-32(4-2)27(34)24(35-25)11-14-29-23-10-8-9-21(18-23)12-17-31-15-6-5-7-16-31/h1,8-10,14,18,29H,4-7,12-13,15-17H2,2H3,(H,30,33). The molecule has 0 saturated carbocycles. The van der Waals surface area contributed by atoms with Crippen LogP contribution in [0, 0.1) is 23.7 Å². The highest BCUT2D eigenvalue weighted by Gasteiger charge is 2.10. The summed E-state index contributed by atoms with van der Waals surface area (Å²) < 4.78 is 2.18. The molecular weight excluding hydrogens is 458 g/mol. The normalized spacial score (nSPS) is 13.0. The van der Waals surface area contributed by atoms with E-state index in [4.69, 9.17) is 6.42 Å². The van der Waals surface area contributed by atoms with Crippen molar-refractivity contribution < 1.29 is 4.79 Å². The van der Waals surface area contributed by atoms with E-state index in [0.717, 1.165) is 30.0 Å². The third kappa shape index (κ3) is 7.36. The second kappa shape index (κ2) is 13.2. The summed E-state index contributed by atoms with van der Waals surface area (Å²) in [6.45, 7) is 5.62. The highest BCUT2D eigenvalue weighted by Crippen LogP contribution is 2.13. The number of anilines is 1. The van der Waals surface area contributed by atoms with Crippen molar-refractivity contribution in [2.75, 3.05) is 31.5 Å². The molecule has 1 fully saturated rings. The van der Waals surface area contributed by atoms with Crippen molar-refractivity contribution in [1.82, 2.24) is 14.8 Å². The van der Waals surface area contributed by atoms with E-state index < -0.39 is 5.91 Å². The lowest BCUT2D eigenvalue weighted by atomic mass is 10.1. The summed E-state index contributed by atoms with van der Waals surface area (Å²) in [7, 11) is 0. The van der Waals surface area contributed by atoms with E-state index in [0.29, 0.717) is 15.7 Å². The number of nitrogens with zero attached hydrogens (tertiary/aromatic N) is 3. The van der Waals surface area contributed by atoms with Gasteiger partial charge < -0.3 is 15.5 Å². The fourth-order valence-electron chi connectivity index (χ4n) is 3.82. The van der Waals surface area contributed by atoms with Crippen molar-refractivity contribution in [3.05, 3.63) is 61.2 Å². The Morgan fingerprint density at radius 3 is 2.80 bits per heavy atom. The van der Waals surface area contributed by atoms with Gasteiger partial charge in [0.15, 0.2) is 5.57 Å². The molecule has 7 nitrogen and oxygen atoms in total. The molecule has 1 saturated heterocycles. The minimum absolute atomic E-state index is 0.00358. The van der Waals surface area contributed by atoms with Gasteiger partial charge in [-0.25, -0.2) is 0 Å². The summed E-state index contributed by atoms with van der Waals surface area (Å²) in [5.74, 6) is 1.65. The quantitative estimate of drug-likeness (QED) is 0.335. The molecule has 2 heterocycles. The summed E-state index contributed by atoms with van der Waals surface area (Å²) >= 11 is 1.12. The van der Waals surface area contributed by atoms with Crippen LogP contribution in [0.2, 0.25) is 0 Å². The lowest BCUT2D eigenvalue weighted by molar-refractivity contribution is -0.116. The van der Waals surface area contributed by atoms with Crippen LogP contribution in [0.3, 0.4) is 0 Å². The number of thiazole rings is 1. The number of carbonyl (C=O) groups is 1. The highest BCUT2D eigenvalue weighted by molar-refractivity contribution is 7.07. The van der Waals surface area contributed by atoms with E-state index in [1.165, 1.54) is 42.5 Å². The van der Waals surface area contributed by atoms with E-state index in [1.54, 1.807) is 6.20 Å². The first-order chi connectivity index (χ1) is 17.0. The maximum atomic E-state index is 12.8. The van der Waals surface area contributed by atoms with Gasteiger partial charge in [-0.15, -0.1) is 6.42 Å².